The van der Waals surface area contributed by atoms with Gasteiger partial charge in [-0.15, -0.1) is 10.2 Å². The van der Waals surface area contributed by atoms with Crippen LogP contribution in [0.1, 0.15) is 23.1 Å². The molecule has 5 heteroatoms. The molecule has 5 nitrogen and oxygen atoms in total. The average Bonchev–Trinajstić information content (AvgIpc) is 1.85. The zero-order valence-corrected chi connectivity index (χ0v) is 6.33. The molecule has 11 heavy (non-hydrogen) atoms. The number of aromatic nitrogens is 3. The maximum atomic E-state index is 10.8. The van der Waals surface area contributed by atoms with Gasteiger partial charge in [0.1, 0.15) is 5.69 Å². The van der Waals surface area contributed by atoms with Gasteiger partial charge in [-0.25, -0.2) is 4.98 Å². The second-order valence-corrected chi connectivity index (χ2v) is 2.16. The van der Waals surface area contributed by atoms with E-state index in [4.69, 9.17) is 5.73 Å². The zero-order chi connectivity index (χ0) is 8.43. The third-order valence-corrected chi connectivity index (χ3v) is 1.21. The van der Waals surface area contributed by atoms with Crippen LogP contribution in [0.3, 0.4) is 0 Å². The number of nitrogens with two attached hydrogens (primary N) is 1. The number of aryl methyl sites for hydroxylation is 1. The smallest absolute Gasteiger partial charge is 0.240 e. The molecule has 0 aliphatic rings. The van der Waals surface area contributed by atoms with E-state index in [1.54, 1.807) is 6.92 Å². The molecule has 58 valence electrons. The van der Waals surface area contributed by atoms with Crippen molar-refractivity contribution in [3.63, 3.8) is 0 Å². The lowest BCUT2D eigenvalue weighted by Gasteiger charge is -1.97. The van der Waals surface area contributed by atoms with E-state index in [2.05, 4.69) is 15.2 Å². The van der Waals surface area contributed by atoms with Crippen LogP contribution < -0.4 is 5.73 Å². The van der Waals surface area contributed by atoms with Crippen molar-refractivity contribution in [3.05, 3.63) is 11.4 Å². The zero-order valence-electron chi connectivity index (χ0n) is 6.33. The Balaban J connectivity index is 3.20. The number of Topliss-reactive ketones (excluding diaryl/α,β-unsaturated/α-hetero) is 1. The fraction of sp³-hybridized carbons (Fsp3) is 0.333. The van der Waals surface area contributed by atoms with E-state index in [-0.39, 0.29) is 17.4 Å². The van der Waals surface area contributed by atoms with Crippen molar-refractivity contribution >= 4 is 11.7 Å². The number of nitrogens with zero attached hydrogens (tertiary/aromatic N) is 3. The molecule has 0 bridgehead atoms. The Bertz CT molecular complexity index is 297. The molecule has 0 aliphatic carbocycles. The second-order valence-electron chi connectivity index (χ2n) is 2.16. The Morgan fingerprint density at radius 3 is 2.55 bits per heavy atom. The van der Waals surface area contributed by atoms with E-state index in [1.807, 2.05) is 0 Å². The maximum Gasteiger partial charge on any atom is 0.240 e. The van der Waals surface area contributed by atoms with Crippen molar-refractivity contribution in [2.24, 2.45) is 0 Å². The summed E-state index contributed by atoms with van der Waals surface area (Å²) in [4.78, 5) is 14.6. The highest BCUT2D eigenvalue weighted by Gasteiger charge is 2.06. The number of ketones is 1. The summed E-state index contributed by atoms with van der Waals surface area (Å²) in [6.07, 6.45) is 0. The molecular formula is C6H8N4O. The molecule has 1 aromatic heterocycles. The Labute approximate surface area is 63.7 Å². The normalized spacial score (nSPS) is 9.64. The summed E-state index contributed by atoms with van der Waals surface area (Å²) in [5, 5.41) is 7.05. The number of nitrogen functional groups attached to an aromatic ring is 1. The first-order chi connectivity index (χ1) is 5.11. The van der Waals surface area contributed by atoms with Gasteiger partial charge in [-0.2, -0.15) is 0 Å². The van der Waals surface area contributed by atoms with Crippen LogP contribution in [0.2, 0.25) is 0 Å². The molecule has 0 fully saturated rings. The first kappa shape index (κ1) is 7.59. The largest absolute Gasteiger partial charge is 0.366 e. The number of carbonyl (C=O) groups is 1. The SMILES string of the molecule is CC(=O)c1nnc(N)nc1C. The monoisotopic (exact) mass is 152 g/mol. The highest BCUT2D eigenvalue weighted by Crippen LogP contribution is 2.00. The minimum absolute atomic E-state index is 0.0903. The van der Waals surface area contributed by atoms with Gasteiger partial charge in [-0.3, -0.25) is 4.79 Å². The Kier molecular flexibility index (Phi) is 1.80. The van der Waals surface area contributed by atoms with E-state index < -0.39 is 0 Å². The number of hydrogen-bond acceptors (Lipinski definition) is 5. The van der Waals surface area contributed by atoms with Crippen LogP contribution >= 0.6 is 0 Å². The van der Waals surface area contributed by atoms with Gasteiger partial charge >= 0.3 is 0 Å². The van der Waals surface area contributed by atoms with Crippen LogP contribution in [0.15, 0.2) is 0 Å². The Morgan fingerprint density at radius 1 is 1.45 bits per heavy atom. The summed E-state index contributed by atoms with van der Waals surface area (Å²) >= 11 is 0. The fourth-order valence-electron chi connectivity index (χ4n) is 0.746. The van der Waals surface area contributed by atoms with Gasteiger partial charge < -0.3 is 5.73 Å². The number of anilines is 1. The molecule has 0 unspecified atom stereocenters. The molecule has 0 amide bonds. The highest BCUT2D eigenvalue weighted by atomic mass is 16.1. The van der Waals surface area contributed by atoms with Crippen LogP contribution in [-0.2, 0) is 0 Å². The summed E-state index contributed by atoms with van der Waals surface area (Å²) in [6.45, 7) is 3.08. The van der Waals surface area contributed by atoms with E-state index >= 15 is 0 Å². The molecule has 0 spiro atoms. The molecule has 0 saturated heterocycles. The van der Waals surface area contributed by atoms with Crippen LogP contribution in [-0.4, -0.2) is 21.0 Å². The van der Waals surface area contributed by atoms with Gasteiger partial charge in [0.15, 0.2) is 5.78 Å². The van der Waals surface area contributed by atoms with Crippen molar-refractivity contribution in [1.29, 1.82) is 0 Å². The predicted octanol–water partition coefficient (Wildman–Crippen LogP) is -0.0352. The molecular weight excluding hydrogens is 144 g/mol. The van der Waals surface area contributed by atoms with Gasteiger partial charge in [-0.1, -0.05) is 0 Å². The highest BCUT2D eigenvalue weighted by molar-refractivity contribution is 5.92. The number of hydrogen-bond donors (Lipinski definition) is 1. The van der Waals surface area contributed by atoms with Crippen molar-refractivity contribution in [2.75, 3.05) is 5.73 Å². The molecule has 0 aromatic carbocycles. The molecule has 0 aliphatic heterocycles. The molecule has 1 rings (SSSR count). The van der Waals surface area contributed by atoms with Gasteiger partial charge in [0.05, 0.1) is 5.69 Å². The standard InChI is InChI=1S/C6H8N4O/c1-3-5(4(2)11)9-10-6(7)8-3/h1-2H3,(H2,7,8,10). The summed E-state index contributed by atoms with van der Waals surface area (Å²) in [5.41, 5.74) is 6.03. The first-order valence-corrected chi connectivity index (χ1v) is 3.09. The van der Waals surface area contributed by atoms with E-state index in [0.717, 1.165) is 0 Å². The van der Waals surface area contributed by atoms with Gasteiger partial charge in [0, 0.05) is 6.92 Å². The number of rotatable bonds is 1. The number of carbonyl (C=O) groups excluding carboxylic acids is 1. The van der Waals surface area contributed by atoms with Gasteiger partial charge in [-0.05, 0) is 6.92 Å². The molecule has 0 atom stereocenters. The molecule has 1 aromatic rings. The summed E-state index contributed by atoms with van der Waals surface area (Å²) in [7, 11) is 0. The summed E-state index contributed by atoms with van der Waals surface area (Å²) < 4.78 is 0. The van der Waals surface area contributed by atoms with Crippen LogP contribution in [0.25, 0.3) is 0 Å². The van der Waals surface area contributed by atoms with Crippen LogP contribution in [0.5, 0.6) is 0 Å². The first-order valence-electron chi connectivity index (χ1n) is 3.09. The molecule has 0 saturated carbocycles. The van der Waals surface area contributed by atoms with Crippen LogP contribution in [0, 0.1) is 6.92 Å². The van der Waals surface area contributed by atoms with Crippen molar-refractivity contribution in [3.8, 4) is 0 Å². The molecule has 2 N–H and O–H groups in total. The predicted molar refractivity (Wildman–Crippen MR) is 39.0 cm³/mol. The van der Waals surface area contributed by atoms with Crippen LogP contribution in [0.4, 0.5) is 5.95 Å². The van der Waals surface area contributed by atoms with E-state index in [1.165, 1.54) is 6.92 Å². The lowest BCUT2D eigenvalue weighted by molar-refractivity contribution is 0.101. The minimum atomic E-state index is -0.150. The van der Waals surface area contributed by atoms with Crippen molar-refractivity contribution in [2.45, 2.75) is 13.8 Å². The Morgan fingerprint density at radius 2 is 2.09 bits per heavy atom. The van der Waals surface area contributed by atoms with Crippen molar-refractivity contribution in [1.82, 2.24) is 15.2 Å². The average molecular weight is 152 g/mol. The minimum Gasteiger partial charge on any atom is -0.366 e. The summed E-state index contributed by atoms with van der Waals surface area (Å²) in [6, 6.07) is 0. The molecule has 1 heterocycles. The summed E-state index contributed by atoms with van der Waals surface area (Å²) in [5.74, 6) is -0.0602. The topological polar surface area (TPSA) is 81.8 Å². The van der Waals surface area contributed by atoms with Crippen molar-refractivity contribution < 1.29 is 4.79 Å². The van der Waals surface area contributed by atoms with E-state index in [0.29, 0.717) is 5.69 Å². The third kappa shape index (κ3) is 1.49. The van der Waals surface area contributed by atoms with Gasteiger partial charge in [0.2, 0.25) is 5.95 Å². The third-order valence-electron chi connectivity index (χ3n) is 1.21. The Hall–Kier alpha value is -1.52. The lowest BCUT2D eigenvalue weighted by atomic mass is 10.2. The fourth-order valence-corrected chi connectivity index (χ4v) is 0.746. The lowest BCUT2D eigenvalue weighted by Crippen LogP contribution is -2.07. The van der Waals surface area contributed by atoms with Gasteiger partial charge in [0.25, 0.3) is 0 Å². The quantitative estimate of drug-likeness (QED) is 0.571. The van der Waals surface area contributed by atoms with E-state index in [9.17, 15) is 4.79 Å². The maximum absolute atomic E-state index is 10.8. The molecule has 0 radical (unpaired) electrons. The second kappa shape index (κ2) is 2.61.